The molecule has 0 saturated carbocycles. The number of carbonyl (C=O) groups excluding carboxylic acids is 1. The summed E-state index contributed by atoms with van der Waals surface area (Å²) in [5, 5.41) is 3.41. The fourth-order valence-corrected chi connectivity index (χ4v) is 3.86. The van der Waals surface area contributed by atoms with Gasteiger partial charge in [-0.25, -0.2) is 0 Å². The highest BCUT2D eigenvalue weighted by molar-refractivity contribution is 5.80. The van der Waals surface area contributed by atoms with Gasteiger partial charge < -0.3 is 16.0 Å². The molecule has 0 aromatic heterocycles. The first-order chi connectivity index (χ1) is 11.7. The van der Waals surface area contributed by atoms with Gasteiger partial charge in [-0.3, -0.25) is 9.79 Å². The number of benzene rings is 1. The van der Waals surface area contributed by atoms with E-state index in [4.69, 9.17) is 10.7 Å². The Hall–Kier alpha value is -2.04. The van der Waals surface area contributed by atoms with Crippen LogP contribution < -0.4 is 11.1 Å². The van der Waals surface area contributed by atoms with Crippen molar-refractivity contribution in [1.29, 1.82) is 0 Å². The summed E-state index contributed by atoms with van der Waals surface area (Å²) in [7, 11) is 0. The molecular formula is C19H28N4O. The zero-order chi connectivity index (χ0) is 16.9. The zero-order valence-electron chi connectivity index (χ0n) is 14.5. The molecule has 1 fully saturated rings. The summed E-state index contributed by atoms with van der Waals surface area (Å²) in [5.41, 5.74) is 8.28. The molecule has 1 aromatic rings. The van der Waals surface area contributed by atoms with Crippen molar-refractivity contribution in [2.45, 2.75) is 38.5 Å². The van der Waals surface area contributed by atoms with Crippen molar-refractivity contribution in [1.82, 2.24) is 10.2 Å². The second-order valence-corrected chi connectivity index (χ2v) is 6.92. The van der Waals surface area contributed by atoms with Gasteiger partial charge in [0.15, 0.2) is 5.96 Å². The lowest BCUT2D eigenvalue weighted by atomic mass is 9.78. The summed E-state index contributed by atoms with van der Waals surface area (Å²) in [5.74, 6) is 1.68. The Morgan fingerprint density at radius 3 is 3.00 bits per heavy atom. The van der Waals surface area contributed by atoms with Crippen LogP contribution in [0.15, 0.2) is 29.3 Å². The number of hydrogen-bond donors (Lipinski definition) is 2. The lowest BCUT2D eigenvalue weighted by Crippen LogP contribution is -2.47. The van der Waals surface area contributed by atoms with Gasteiger partial charge in [0.25, 0.3) is 0 Å². The fourth-order valence-electron chi connectivity index (χ4n) is 3.86. The van der Waals surface area contributed by atoms with E-state index in [1.165, 1.54) is 11.1 Å². The van der Waals surface area contributed by atoms with E-state index < -0.39 is 0 Å². The molecule has 5 nitrogen and oxygen atoms in total. The molecule has 5 heteroatoms. The number of rotatable bonds is 5. The number of primary amides is 1. The maximum atomic E-state index is 11.2. The number of nitrogens with one attached hydrogen (secondary N) is 1. The molecule has 1 aliphatic heterocycles. The summed E-state index contributed by atoms with van der Waals surface area (Å²) >= 11 is 0. The Morgan fingerprint density at radius 2 is 2.25 bits per heavy atom. The van der Waals surface area contributed by atoms with E-state index in [1.54, 1.807) is 0 Å². The Balaban J connectivity index is 1.62. The lowest BCUT2D eigenvalue weighted by molar-refractivity contribution is -0.119. The number of hydrogen-bond acceptors (Lipinski definition) is 2. The van der Waals surface area contributed by atoms with Gasteiger partial charge >= 0.3 is 0 Å². The van der Waals surface area contributed by atoms with Gasteiger partial charge in [-0.1, -0.05) is 24.3 Å². The predicted octanol–water partition coefficient (Wildman–Crippen LogP) is 1.88. The highest BCUT2D eigenvalue weighted by Gasteiger charge is 2.27. The second kappa shape index (κ2) is 7.69. The molecule has 1 heterocycles. The normalized spacial score (nSPS) is 23.4. The summed E-state index contributed by atoms with van der Waals surface area (Å²) in [6, 6.07) is 8.64. The largest absolute Gasteiger partial charge is 0.370 e. The third-order valence-corrected chi connectivity index (χ3v) is 5.07. The molecule has 130 valence electrons. The standard InChI is InChI=1S/C19H28N4O/c1-2-21-19(23-9-5-6-14(13-23)10-18(20)24)22-12-16-11-15-7-3-4-8-17(15)16/h3-4,7-8,14,16H,2,5-6,9-13H2,1H3,(H2,20,24)(H,21,22). The molecule has 1 aromatic carbocycles. The van der Waals surface area contributed by atoms with Crippen molar-refractivity contribution >= 4 is 11.9 Å². The van der Waals surface area contributed by atoms with Crippen LogP contribution in [0.2, 0.25) is 0 Å². The summed E-state index contributed by atoms with van der Waals surface area (Å²) in [6.07, 6.45) is 3.78. The van der Waals surface area contributed by atoms with Gasteiger partial charge in [0, 0.05) is 38.5 Å². The average molecular weight is 328 g/mol. The average Bonchev–Trinajstić information content (AvgIpc) is 2.54. The van der Waals surface area contributed by atoms with Gasteiger partial charge in [0.2, 0.25) is 5.91 Å². The topological polar surface area (TPSA) is 70.7 Å². The maximum Gasteiger partial charge on any atom is 0.217 e. The van der Waals surface area contributed by atoms with Crippen LogP contribution in [0, 0.1) is 5.92 Å². The van der Waals surface area contributed by atoms with Crippen LogP contribution in [0.5, 0.6) is 0 Å². The first-order valence-corrected chi connectivity index (χ1v) is 9.06. The number of piperidine rings is 1. The van der Waals surface area contributed by atoms with Gasteiger partial charge in [-0.2, -0.15) is 0 Å². The van der Waals surface area contributed by atoms with Crippen molar-refractivity contribution in [2.24, 2.45) is 16.6 Å². The molecule has 1 amide bonds. The van der Waals surface area contributed by atoms with Crippen LogP contribution in [0.3, 0.4) is 0 Å². The number of fused-ring (bicyclic) bond motifs is 1. The quantitative estimate of drug-likeness (QED) is 0.640. The van der Waals surface area contributed by atoms with Crippen LogP contribution in [0.1, 0.15) is 43.2 Å². The highest BCUT2D eigenvalue weighted by Crippen LogP contribution is 2.34. The molecule has 2 unspecified atom stereocenters. The van der Waals surface area contributed by atoms with E-state index in [0.717, 1.165) is 51.4 Å². The third-order valence-electron chi connectivity index (χ3n) is 5.07. The van der Waals surface area contributed by atoms with E-state index in [1.807, 2.05) is 0 Å². The molecule has 2 atom stereocenters. The molecule has 3 rings (SSSR count). The second-order valence-electron chi connectivity index (χ2n) is 6.92. The number of nitrogens with two attached hydrogens (primary N) is 1. The van der Waals surface area contributed by atoms with Crippen molar-refractivity contribution in [3.8, 4) is 0 Å². The molecule has 1 aliphatic carbocycles. The van der Waals surface area contributed by atoms with Crippen molar-refractivity contribution < 1.29 is 4.79 Å². The van der Waals surface area contributed by atoms with Crippen molar-refractivity contribution in [3.05, 3.63) is 35.4 Å². The third kappa shape index (κ3) is 3.89. The van der Waals surface area contributed by atoms with Gasteiger partial charge in [0.1, 0.15) is 0 Å². The Morgan fingerprint density at radius 1 is 1.42 bits per heavy atom. The Bertz CT molecular complexity index is 613. The van der Waals surface area contributed by atoms with Crippen LogP contribution >= 0.6 is 0 Å². The SMILES string of the molecule is CCNC(=NCC1Cc2ccccc21)N1CCCC(CC(N)=O)C1. The predicted molar refractivity (Wildman–Crippen MR) is 97.0 cm³/mol. The molecule has 24 heavy (non-hydrogen) atoms. The van der Waals surface area contributed by atoms with Crippen LogP contribution in [0.4, 0.5) is 0 Å². The zero-order valence-corrected chi connectivity index (χ0v) is 14.5. The molecule has 0 bridgehead atoms. The number of amides is 1. The van der Waals surface area contributed by atoms with E-state index in [-0.39, 0.29) is 5.91 Å². The number of carbonyl (C=O) groups is 1. The van der Waals surface area contributed by atoms with E-state index in [2.05, 4.69) is 41.4 Å². The molecule has 1 saturated heterocycles. The van der Waals surface area contributed by atoms with Crippen molar-refractivity contribution in [3.63, 3.8) is 0 Å². The van der Waals surface area contributed by atoms with Gasteiger partial charge in [-0.05, 0) is 43.2 Å². The highest BCUT2D eigenvalue weighted by atomic mass is 16.1. The van der Waals surface area contributed by atoms with Crippen LogP contribution in [-0.4, -0.2) is 42.9 Å². The first-order valence-electron chi connectivity index (χ1n) is 9.06. The first kappa shape index (κ1) is 16.8. The molecule has 0 spiro atoms. The number of likely N-dealkylation sites (tertiary alicyclic amines) is 1. The van der Waals surface area contributed by atoms with Gasteiger partial charge in [0.05, 0.1) is 0 Å². The molecule has 2 aliphatic rings. The molecule has 0 radical (unpaired) electrons. The summed E-state index contributed by atoms with van der Waals surface area (Å²) in [6.45, 7) is 5.66. The van der Waals surface area contributed by atoms with E-state index in [0.29, 0.717) is 18.3 Å². The maximum absolute atomic E-state index is 11.2. The van der Waals surface area contributed by atoms with E-state index >= 15 is 0 Å². The van der Waals surface area contributed by atoms with Crippen LogP contribution in [0.25, 0.3) is 0 Å². The number of nitrogens with zero attached hydrogens (tertiary/aromatic N) is 2. The minimum Gasteiger partial charge on any atom is -0.370 e. The van der Waals surface area contributed by atoms with Crippen molar-refractivity contribution in [2.75, 3.05) is 26.2 Å². The number of guanidine groups is 1. The summed E-state index contributed by atoms with van der Waals surface area (Å²) in [4.78, 5) is 18.4. The summed E-state index contributed by atoms with van der Waals surface area (Å²) < 4.78 is 0. The smallest absolute Gasteiger partial charge is 0.217 e. The molecular weight excluding hydrogens is 300 g/mol. The van der Waals surface area contributed by atoms with Crippen LogP contribution in [-0.2, 0) is 11.2 Å². The lowest BCUT2D eigenvalue weighted by Gasteiger charge is -2.35. The monoisotopic (exact) mass is 328 g/mol. The minimum absolute atomic E-state index is 0.199. The number of aliphatic imine (C=N–C) groups is 1. The Kier molecular flexibility index (Phi) is 5.38. The van der Waals surface area contributed by atoms with E-state index in [9.17, 15) is 4.79 Å². The minimum atomic E-state index is -0.199. The van der Waals surface area contributed by atoms with Gasteiger partial charge in [-0.15, -0.1) is 0 Å². The fraction of sp³-hybridized carbons (Fsp3) is 0.579. The Labute approximate surface area is 144 Å². The molecule has 3 N–H and O–H groups in total.